The molecule has 1 aromatic carbocycles. The van der Waals surface area contributed by atoms with E-state index in [1.54, 1.807) is 28.0 Å². The van der Waals surface area contributed by atoms with Gasteiger partial charge in [-0.2, -0.15) is 0 Å². The third-order valence-electron chi connectivity index (χ3n) is 4.51. The molecule has 0 unspecified atom stereocenters. The van der Waals surface area contributed by atoms with E-state index in [2.05, 4.69) is 5.32 Å². The van der Waals surface area contributed by atoms with Gasteiger partial charge in [0, 0.05) is 31.7 Å². The van der Waals surface area contributed by atoms with Crippen LogP contribution < -0.4 is 10.1 Å². The first kappa shape index (κ1) is 18.5. The van der Waals surface area contributed by atoms with Gasteiger partial charge in [0.2, 0.25) is 0 Å². The summed E-state index contributed by atoms with van der Waals surface area (Å²) in [4.78, 5) is 28.7. The van der Waals surface area contributed by atoms with E-state index >= 15 is 0 Å². The highest BCUT2D eigenvalue weighted by Crippen LogP contribution is 2.27. The molecule has 3 rings (SSSR count). The lowest BCUT2D eigenvalue weighted by Crippen LogP contribution is -2.46. The average molecular weight is 363 g/mol. The number of ether oxygens (including phenoxy) is 3. The predicted octanol–water partition coefficient (Wildman–Crippen LogP) is 1.42. The minimum atomic E-state index is -0.227. The zero-order chi connectivity index (χ0) is 18.5. The standard InChI is InChI=1S/C18H25N3O5/c1-13-12-21(7-10-26-13)18(23)19-15-11-14(3-4-16(15)24-2)17(22)20-5-8-25-9-6-20/h3-4,11,13H,5-10,12H2,1-2H3,(H,19,23)/t13-/m0/s1. The van der Waals surface area contributed by atoms with Gasteiger partial charge in [-0.1, -0.05) is 0 Å². The van der Waals surface area contributed by atoms with Gasteiger partial charge in [-0.25, -0.2) is 4.79 Å². The highest BCUT2D eigenvalue weighted by Gasteiger charge is 2.24. The monoisotopic (exact) mass is 363 g/mol. The van der Waals surface area contributed by atoms with E-state index in [0.29, 0.717) is 63.0 Å². The van der Waals surface area contributed by atoms with Crippen LogP contribution in [0.25, 0.3) is 0 Å². The summed E-state index contributed by atoms with van der Waals surface area (Å²) >= 11 is 0. The summed E-state index contributed by atoms with van der Waals surface area (Å²) in [7, 11) is 1.53. The summed E-state index contributed by atoms with van der Waals surface area (Å²) in [5.41, 5.74) is 0.995. The number of benzene rings is 1. The average Bonchev–Trinajstić information content (AvgIpc) is 2.68. The molecule has 2 fully saturated rings. The summed E-state index contributed by atoms with van der Waals surface area (Å²) in [6, 6.07) is 4.85. The van der Waals surface area contributed by atoms with E-state index in [1.807, 2.05) is 6.92 Å². The van der Waals surface area contributed by atoms with Gasteiger partial charge in [-0.05, 0) is 25.1 Å². The molecule has 0 bridgehead atoms. The molecule has 142 valence electrons. The first-order valence-electron chi connectivity index (χ1n) is 8.81. The molecular weight excluding hydrogens is 338 g/mol. The first-order valence-corrected chi connectivity index (χ1v) is 8.81. The van der Waals surface area contributed by atoms with Crippen LogP contribution in [0, 0.1) is 0 Å². The van der Waals surface area contributed by atoms with Crippen molar-refractivity contribution in [3.05, 3.63) is 23.8 Å². The molecule has 1 aromatic rings. The lowest BCUT2D eigenvalue weighted by Gasteiger charge is -2.31. The third-order valence-corrected chi connectivity index (χ3v) is 4.51. The number of methoxy groups -OCH3 is 1. The van der Waals surface area contributed by atoms with Crippen molar-refractivity contribution in [3.63, 3.8) is 0 Å². The molecular formula is C18H25N3O5. The number of hydrogen-bond acceptors (Lipinski definition) is 5. The second-order valence-corrected chi connectivity index (χ2v) is 6.38. The summed E-state index contributed by atoms with van der Waals surface area (Å²) < 4.78 is 16.1. The molecule has 8 heteroatoms. The molecule has 1 N–H and O–H groups in total. The number of hydrogen-bond donors (Lipinski definition) is 1. The maximum Gasteiger partial charge on any atom is 0.322 e. The molecule has 0 radical (unpaired) electrons. The Morgan fingerprint density at radius 1 is 1.15 bits per heavy atom. The van der Waals surface area contributed by atoms with Gasteiger partial charge in [-0.3, -0.25) is 4.79 Å². The van der Waals surface area contributed by atoms with Crippen LogP contribution in [0.2, 0.25) is 0 Å². The highest BCUT2D eigenvalue weighted by molar-refractivity contribution is 5.98. The van der Waals surface area contributed by atoms with Crippen LogP contribution >= 0.6 is 0 Å². The fraction of sp³-hybridized carbons (Fsp3) is 0.556. The Labute approximate surface area is 153 Å². The number of rotatable bonds is 3. The Balaban J connectivity index is 1.74. The normalized spacial score (nSPS) is 20.6. The predicted molar refractivity (Wildman–Crippen MR) is 95.7 cm³/mol. The molecule has 2 aliphatic rings. The number of nitrogens with zero attached hydrogens (tertiary/aromatic N) is 2. The Kier molecular flexibility index (Phi) is 5.95. The van der Waals surface area contributed by atoms with E-state index in [4.69, 9.17) is 14.2 Å². The summed E-state index contributed by atoms with van der Waals surface area (Å²) in [5, 5.41) is 2.86. The Morgan fingerprint density at radius 2 is 1.88 bits per heavy atom. The van der Waals surface area contributed by atoms with Crippen molar-refractivity contribution in [3.8, 4) is 5.75 Å². The Bertz CT molecular complexity index is 660. The van der Waals surface area contributed by atoms with Crippen LogP contribution in [0.1, 0.15) is 17.3 Å². The van der Waals surface area contributed by atoms with E-state index in [9.17, 15) is 9.59 Å². The van der Waals surface area contributed by atoms with Crippen molar-refractivity contribution in [1.29, 1.82) is 0 Å². The molecule has 0 aromatic heterocycles. The summed E-state index contributed by atoms with van der Waals surface area (Å²) in [6.45, 7) is 5.73. The van der Waals surface area contributed by atoms with Crippen molar-refractivity contribution >= 4 is 17.6 Å². The molecule has 26 heavy (non-hydrogen) atoms. The maximum atomic E-state index is 12.7. The van der Waals surface area contributed by atoms with Crippen LogP contribution in [0.15, 0.2) is 18.2 Å². The van der Waals surface area contributed by atoms with Crippen LogP contribution in [-0.4, -0.2) is 81.0 Å². The molecule has 0 saturated carbocycles. The molecule has 2 saturated heterocycles. The number of carbonyl (C=O) groups excluding carboxylic acids is 2. The summed E-state index contributed by atoms with van der Waals surface area (Å²) in [5.74, 6) is 0.435. The van der Waals surface area contributed by atoms with E-state index in [1.165, 1.54) is 7.11 Å². The van der Waals surface area contributed by atoms with E-state index in [-0.39, 0.29) is 18.0 Å². The molecule has 0 spiro atoms. The van der Waals surface area contributed by atoms with Gasteiger partial charge in [0.25, 0.3) is 5.91 Å². The Hall–Kier alpha value is -2.32. The van der Waals surface area contributed by atoms with Gasteiger partial charge in [0.15, 0.2) is 0 Å². The SMILES string of the molecule is COc1ccc(C(=O)N2CCOCC2)cc1NC(=O)N1CCO[C@@H](C)C1. The quantitative estimate of drug-likeness (QED) is 0.879. The second-order valence-electron chi connectivity index (χ2n) is 6.38. The largest absolute Gasteiger partial charge is 0.495 e. The summed E-state index contributed by atoms with van der Waals surface area (Å²) in [6.07, 6.45) is 0.00521. The van der Waals surface area contributed by atoms with Crippen molar-refractivity contribution < 1.29 is 23.8 Å². The molecule has 1 atom stereocenters. The van der Waals surface area contributed by atoms with E-state index in [0.717, 1.165) is 0 Å². The van der Waals surface area contributed by atoms with Crippen LogP contribution in [-0.2, 0) is 9.47 Å². The number of anilines is 1. The molecule has 2 aliphatic heterocycles. The number of nitrogens with one attached hydrogen (secondary N) is 1. The second kappa shape index (κ2) is 8.37. The van der Waals surface area contributed by atoms with Gasteiger partial charge in [0.1, 0.15) is 5.75 Å². The minimum Gasteiger partial charge on any atom is -0.495 e. The van der Waals surface area contributed by atoms with Gasteiger partial charge < -0.3 is 29.3 Å². The number of morpholine rings is 2. The zero-order valence-corrected chi connectivity index (χ0v) is 15.2. The lowest BCUT2D eigenvalue weighted by atomic mass is 10.1. The number of amides is 3. The maximum absolute atomic E-state index is 12.7. The van der Waals surface area contributed by atoms with E-state index < -0.39 is 0 Å². The minimum absolute atomic E-state index is 0.00521. The first-order chi connectivity index (χ1) is 12.6. The molecule has 2 heterocycles. The Morgan fingerprint density at radius 3 is 2.58 bits per heavy atom. The van der Waals surface area contributed by atoms with Gasteiger partial charge in [-0.15, -0.1) is 0 Å². The fourth-order valence-corrected chi connectivity index (χ4v) is 3.08. The third kappa shape index (κ3) is 4.25. The van der Waals surface area contributed by atoms with Gasteiger partial charge in [0.05, 0.1) is 38.7 Å². The van der Waals surface area contributed by atoms with Crippen molar-refractivity contribution in [2.24, 2.45) is 0 Å². The number of carbonyl (C=O) groups is 2. The molecule has 3 amide bonds. The zero-order valence-electron chi connectivity index (χ0n) is 15.2. The van der Waals surface area contributed by atoms with Crippen LogP contribution in [0.4, 0.5) is 10.5 Å². The molecule has 8 nitrogen and oxygen atoms in total. The number of urea groups is 1. The lowest BCUT2D eigenvalue weighted by molar-refractivity contribution is -0.00139. The van der Waals surface area contributed by atoms with Crippen molar-refractivity contribution in [2.75, 3.05) is 58.4 Å². The van der Waals surface area contributed by atoms with Crippen LogP contribution in [0.3, 0.4) is 0 Å². The van der Waals surface area contributed by atoms with Crippen LogP contribution in [0.5, 0.6) is 5.75 Å². The topological polar surface area (TPSA) is 80.3 Å². The van der Waals surface area contributed by atoms with Crippen molar-refractivity contribution in [2.45, 2.75) is 13.0 Å². The highest BCUT2D eigenvalue weighted by atomic mass is 16.5. The smallest absolute Gasteiger partial charge is 0.322 e. The fourth-order valence-electron chi connectivity index (χ4n) is 3.08. The van der Waals surface area contributed by atoms with Crippen molar-refractivity contribution in [1.82, 2.24) is 9.80 Å². The molecule has 0 aliphatic carbocycles. The van der Waals surface area contributed by atoms with Gasteiger partial charge >= 0.3 is 6.03 Å².